The molecule has 0 fully saturated rings. The van der Waals surface area contributed by atoms with Gasteiger partial charge < -0.3 is 20.0 Å². The molecule has 4 rings (SSSR count). The number of carbonyl (C=O) groups excluding carboxylic acids is 1. The minimum Gasteiger partial charge on any atom is -0.394 e. The number of nitrogens with zero attached hydrogens (tertiary/aromatic N) is 2. The molecule has 3 heterocycles. The molecule has 0 aliphatic carbocycles. The van der Waals surface area contributed by atoms with Gasteiger partial charge in [-0.1, -0.05) is 0 Å². The van der Waals surface area contributed by atoms with Crippen molar-refractivity contribution in [1.82, 2.24) is 19.9 Å². The summed E-state index contributed by atoms with van der Waals surface area (Å²) in [6, 6.07) is 11.6. The normalized spacial score (nSPS) is 11.9. The predicted octanol–water partition coefficient (Wildman–Crippen LogP) is 2.73. The molecule has 0 unspecified atom stereocenters. The van der Waals surface area contributed by atoms with Crippen LogP contribution in [0.5, 0.6) is 0 Å². The number of aliphatic hydroxyl groups excluding tert-OH is 1. The number of rotatable bonds is 4. The molecule has 0 saturated carbocycles. The molecule has 170 valence electrons. The number of aryl methyl sites for hydroxylation is 1. The summed E-state index contributed by atoms with van der Waals surface area (Å²) in [5, 5.41) is 14.3. The molecule has 1 aromatic carbocycles. The van der Waals surface area contributed by atoms with Crippen molar-refractivity contribution in [3.05, 3.63) is 54.4 Å². The van der Waals surface area contributed by atoms with Crippen LogP contribution in [0.3, 0.4) is 0 Å². The lowest BCUT2D eigenvalue weighted by Crippen LogP contribution is -2.46. The molecule has 0 aliphatic rings. The number of carbonyl (C=O) groups is 1. The highest BCUT2D eigenvalue weighted by Gasteiger charge is 2.21. The van der Waals surface area contributed by atoms with Crippen LogP contribution >= 0.6 is 0 Å². The van der Waals surface area contributed by atoms with Crippen LogP contribution in [0.25, 0.3) is 33.2 Å². The Labute approximate surface area is 185 Å². The fourth-order valence-electron chi connectivity index (χ4n) is 3.27. The van der Waals surface area contributed by atoms with Crippen molar-refractivity contribution >= 4 is 38.0 Å². The van der Waals surface area contributed by atoms with Gasteiger partial charge in [0.1, 0.15) is 5.65 Å². The topological polar surface area (TPSA) is 137 Å². The molecule has 0 spiro atoms. The van der Waals surface area contributed by atoms with Crippen molar-refractivity contribution in [2.24, 2.45) is 7.05 Å². The Hall–Kier alpha value is -3.21. The molecular formula is C22H26N4O5S. The number of benzene rings is 1. The second kappa shape index (κ2) is 8.73. The lowest BCUT2D eigenvalue weighted by molar-refractivity contribution is 0.0869. The molecule has 0 bridgehead atoms. The molecule has 9 nitrogen and oxygen atoms in total. The van der Waals surface area contributed by atoms with Gasteiger partial charge in [-0.25, -0.2) is 4.98 Å². The molecule has 0 saturated heterocycles. The van der Waals surface area contributed by atoms with E-state index in [1.165, 1.54) is 0 Å². The maximum Gasteiger partial charge on any atom is 0.261 e. The Morgan fingerprint density at radius 3 is 2.56 bits per heavy atom. The first-order chi connectivity index (χ1) is 14.9. The summed E-state index contributed by atoms with van der Waals surface area (Å²) in [4.78, 5) is 20.3. The van der Waals surface area contributed by atoms with Gasteiger partial charge in [-0.05, 0) is 50.2 Å². The Bertz CT molecular complexity index is 1350. The van der Waals surface area contributed by atoms with Crippen LogP contribution in [0.4, 0.5) is 0 Å². The zero-order valence-electron chi connectivity index (χ0n) is 18.2. The lowest BCUT2D eigenvalue weighted by Gasteiger charge is -2.23. The highest BCUT2D eigenvalue weighted by Crippen LogP contribution is 2.32. The van der Waals surface area contributed by atoms with Gasteiger partial charge in [0.2, 0.25) is 0 Å². The Balaban J connectivity index is 0.000000523. The largest absolute Gasteiger partial charge is 0.394 e. The van der Waals surface area contributed by atoms with Crippen LogP contribution in [-0.4, -0.2) is 56.9 Å². The smallest absolute Gasteiger partial charge is 0.261 e. The van der Waals surface area contributed by atoms with Crippen molar-refractivity contribution < 1.29 is 22.9 Å². The summed E-state index contributed by atoms with van der Waals surface area (Å²) >= 11 is 0. The van der Waals surface area contributed by atoms with Gasteiger partial charge in [0.15, 0.2) is 0 Å². The number of aromatic nitrogens is 3. The zero-order chi connectivity index (χ0) is 23.7. The fraction of sp³-hybridized carbons (Fsp3) is 0.273. The van der Waals surface area contributed by atoms with E-state index in [0.717, 1.165) is 33.2 Å². The average molecular weight is 459 g/mol. The third kappa shape index (κ3) is 5.52. The molecule has 0 radical (unpaired) electrons. The summed E-state index contributed by atoms with van der Waals surface area (Å²) < 4.78 is 27.9. The van der Waals surface area contributed by atoms with E-state index in [0.29, 0.717) is 11.8 Å². The fourth-order valence-corrected chi connectivity index (χ4v) is 3.27. The number of hydrogen-bond acceptors (Lipinski definition) is 5. The molecule has 32 heavy (non-hydrogen) atoms. The number of aliphatic hydroxyl groups is 1. The maximum absolute atomic E-state index is 12.6. The molecule has 3 aromatic heterocycles. The average Bonchev–Trinajstić information content (AvgIpc) is 3.27. The molecule has 0 atom stereocenters. The van der Waals surface area contributed by atoms with Crippen LogP contribution in [0.15, 0.2) is 48.8 Å². The third-order valence-electron chi connectivity index (χ3n) is 4.78. The summed E-state index contributed by atoms with van der Waals surface area (Å²) in [6.45, 7) is 3.45. The quantitative estimate of drug-likeness (QED) is 0.347. The molecule has 10 heteroatoms. The van der Waals surface area contributed by atoms with E-state index in [1.807, 2.05) is 41.9 Å². The van der Waals surface area contributed by atoms with E-state index in [9.17, 15) is 18.3 Å². The van der Waals surface area contributed by atoms with Gasteiger partial charge in [-0.2, -0.15) is 8.42 Å². The number of amides is 1. The van der Waals surface area contributed by atoms with Gasteiger partial charge in [0.25, 0.3) is 16.0 Å². The van der Waals surface area contributed by atoms with Crippen LogP contribution in [0, 0.1) is 0 Å². The second-order valence-corrected chi connectivity index (χ2v) is 9.71. The van der Waals surface area contributed by atoms with Crippen LogP contribution in [-0.2, 0) is 17.2 Å². The number of nitrogens with one attached hydrogen (secondary N) is 2. The van der Waals surface area contributed by atoms with Gasteiger partial charge in [0, 0.05) is 52.6 Å². The van der Waals surface area contributed by atoms with E-state index < -0.39 is 15.7 Å². The number of hydrogen-bond donors (Lipinski definition) is 4. The van der Waals surface area contributed by atoms with E-state index in [1.54, 1.807) is 20.0 Å². The zero-order valence-corrected chi connectivity index (χ0v) is 19.1. The van der Waals surface area contributed by atoms with Crippen LogP contribution in [0.1, 0.15) is 24.2 Å². The highest BCUT2D eigenvalue weighted by atomic mass is 32.2. The van der Waals surface area contributed by atoms with Gasteiger partial charge in [-0.3, -0.25) is 9.35 Å². The predicted molar refractivity (Wildman–Crippen MR) is 124 cm³/mol. The van der Waals surface area contributed by atoms with Crippen molar-refractivity contribution in [2.45, 2.75) is 19.4 Å². The number of H-pyrrole nitrogens is 1. The van der Waals surface area contributed by atoms with Crippen LogP contribution < -0.4 is 5.32 Å². The van der Waals surface area contributed by atoms with Gasteiger partial charge in [-0.15, -0.1) is 0 Å². The van der Waals surface area contributed by atoms with Gasteiger partial charge in [0.05, 0.1) is 18.4 Å². The van der Waals surface area contributed by atoms with Crippen LogP contribution in [0.2, 0.25) is 0 Å². The van der Waals surface area contributed by atoms with Crippen molar-refractivity contribution in [3.63, 3.8) is 0 Å². The number of aromatic amines is 1. The second-order valence-electron chi connectivity index (χ2n) is 8.24. The van der Waals surface area contributed by atoms with Crippen molar-refractivity contribution in [1.29, 1.82) is 0 Å². The van der Waals surface area contributed by atoms with Crippen molar-refractivity contribution in [2.75, 3.05) is 12.9 Å². The molecule has 0 aliphatic heterocycles. The lowest BCUT2D eigenvalue weighted by atomic mass is 10.0. The minimum atomic E-state index is -3.67. The van der Waals surface area contributed by atoms with Crippen molar-refractivity contribution in [3.8, 4) is 11.3 Å². The molecule has 4 N–H and O–H groups in total. The Morgan fingerprint density at radius 1 is 1.25 bits per heavy atom. The Morgan fingerprint density at radius 2 is 1.94 bits per heavy atom. The Kier molecular flexibility index (Phi) is 6.40. The maximum atomic E-state index is 12.6. The summed E-state index contributed by atoms with van der Waals surface area (Å²) in [5.74, 6) is -0.205. The number of pyridine rings is 1. The third-order valence-corrected chi connectivity index (χ3v) is 4.78. The van der Waals surface area contributed by atoms with E-state index >= 15 is 0 Å². The number of fused-ring (bicyclic) bond motifs is 2. The standard InChI is InChI=1S/C21H22N4O2.CH4O3S/c1-21(2,12-26)24-20(27)14-6-7-18-15(9-14)16(11-25(18)3)17-10-13-5-4-8-22-19(13)23-17;1-5(2,3)4/h4-11,26H,12H2,1-3H3,(H,22,23)(H,24,27);1H3,(H,2,3,4). The SMILES string of the molecule is CS(=O)(=O)O.Cn1cc(-c2cc3cccnc3[nH]2)c2cc(C(=O)NC(C)(C)CO)ccc21. The van der Waals surface area contributed by atoms with E-state index in [2.05, 4.69) is 27.5 Å². The highest BCUT2D eigenvalue weighted by molar-refractivity contribution is 7.85. The van der Waals surface area contributed by atoms with E-state index in [4.69, 9.17) is 4.55 Å². The minimum absolute atomic E-state index is 0.125. The monoisotopic (exact) mass is 458 g/mol. The van der Waals surface area contributed by atoms with Gasteiger partial charge >= 0.3 is 0 Å². The molecule has 1 amide bonds. The first-order valence-corrected chi connectivity index (χ1v) is 11.6. The summed E-state index contributed by atoms with van der Waals surface area (Å²) in [6.07, 6.45) is 4.53. The first-order valence-electron chi connectivity index (χ1n) is 9.77. The summed E-state index contributed by atoms with van der Waals surface area (Å²) in [7, 11) is -1.68. The molecular weight excluding hydrogens is 432 g/mol. The van der Waals surface area contributed by atoms with E-state index in [-0.39, 0.29) is 12.5 Å². The molecule has 4 aromatic rings. The first kappa shape index (κ1) is 23.5. The summed E-state index contributed by atoms with van der Waals surface area (Å²) in [5.41, 5.74) is 3.74.